The fraction of sp³-hybridized carbons (Fsp3) is 0.625. The van der Waals surface area contributed by atoms with E-state index in [0.717, 1.165) is 12.3 Å². The molecule has 0 heterocycles. The number of aryl methyl sites for hydroxylation is 1. The summed E-state index contributed by atoms with van der Waals surface area (Å²) < 4.78 is 28.0. The first-order valence-electron chi connectivity index (χ1n) is 8.05. The molecular weight excluding hydrogens is 316 g/mol. The molecule has 2 fully saturated rings. The first-order chi connectivity index (χ1) is 10.8. The number of fused-ring (bicyclic) bond motifs is 2. The Morgan fingerprint density at radius 1 is 1.30 bits per heavy atom. The second kappa shape index (κ2) is 5.87. The molecule has 0 aliphatic heterocycles. The number of sulfonamides is 1. The zero-order valence-corrected chi connectivity index (χ0v) is 14.2. The lowest BCUT2D eigenvalue weighted by atomic mass is 9.84. The maximum atomic E-state index is 12.6. The van der Waals surface area contributed by atoms with Crippen LogP contribution in [0.1, 0.15) is 38.2 Å². The van der Waals surface area contributed by atoms with Gasteiger partial charge in [0.25, 0.3) is 5.69 Å². The van der Waals surface area contributed by atoms with Gasteiger partial charge in [0, 0.05) is 18.2 Å². The quantitative estimate of drug-likeness (QED) is 0.660. The van der Waals surface area contributed by atoms with Crippen LogP contribution in [0.4, 0.5) is 5.69 Å². The number of nitro groups is 1. The van der Waals surface area contributed by atoms with Crippen LogP contribution in [0.5, 0.6) is 0 Å². The predicted molar refractivity (Wildman–Crippen MR) is 86.6 cm³/mol. The second-order valence-corrected chi connectivity index (χ2v) is 8.64. The average molecular weight is 338 g/mol. The van der Waals surface area contributed by atoms with Crippen molar-refractivity contribution in [1.29, 1.82) is 0 Å². The van der Waals surface area contributed by atoms with Crippen molar-refractivity contribution in [2.75, 3.05) is 0 Å². The molecule has 126 valence electrons. The molecule has 2 bridgehead atoms. The van der Waals surface area contributed by atoms with Crippen LogP contribution in [0.15, 0.2) is 23.1 Å². The van der Waals surface area contributed by atoms with Crippen LogP contribution in [0.25, 0.3) is 0 Å². The second-order valence-electron chi connectivity index (χ2n) is 6.96. The largest absolute Gasteiger partial charge is 0.269 e. The van der Waals surface area contributed by atoms with Crippen molar-refractivity contribution < 1.29 is 13.3 Å². The molecule has 4 atom stereocenters. The summed E-state index contributed by atoms with van der Waals surface area (Å²) in [6.45, 7) is 3.52. The van der Waals surface area contributed by atoms with E-state index < -0.39 is 14.9 Å². The van der Waals surface area contributed by atoms with Crippen LogP contribution in [-0.4, -0.2) is 19.4 Å². The first kappa shape index (κ1) is 16.4. The third-order valence-corrected chi connectivity index (χ3v) is 7.15. The number of non-ortho nitro benzene ring substituents is 1. The summed E-state index contributed by atoms with van der Waals surface area (Å²) in [5, 5.41) is 10.8. The number of hydrogen-bond donors (Lipinski definition) is 1. The molecule has 0 amide bonds. The minimum absolute atomic E-state index is 0.0948. The third kappa shape index (κ3) is 3.12. The van der Waals surface area contributed by atoms with Crippen LogP contribution < -0.4 is 4.72 Å². The third-order valence-electron chi connectivity index (χ3n) is 5.43. The number of nitro benzene ring substituents is 1. The van der Waals surface area contributed by atoms with Gasteiger partial charge in [0.05, 0.1) is 9.82 Å². The van der Waals surface area contributed by atoms with Crippen molar-refractivity contribution in [3.8, 4) is 0 Å². The highest BCUT2D eigenvalue weighted by Crippen LogP contribution is 2.49. The number of benzene rings is 1. The van der Waals surface area contributed by atoms with Gasteiger partial charge in [0.1, 0.15) is 0 Å². The Hall–Kier alpha value is -1.47. The van der Waals surface area contributed by atoms with Crippen LogP contribution in [0, 0.1) is 34.8 Å². The number of hydrogen-bond acceptors (Lipinski definition) is 4. The van der Waals surface area contributed by atoms with Crippen molar-refractivity contribution in [3.63, 3.8) is 0 Å². The molecule has 7 heteroatoms. The van der Waals surface area contributed by atoms with Crippen LogP contribution in [0.2, 0.25) is 0 Å². The summed E-state index contributed by atoms with van der Waals surface area (Å²) in [5.41, 5.74) is 0.300. The fourth-order valence-corrected chi connectivity index (χ4v) is 5.87. The minimum Gasteiger partial charge on any atom is -0.258 e. The molecule has 0 radical (unpaired) electrons. The van der Waals surface area contributed by atoms with Crippen molar-refractivity contribution in [2.45, 2.75) is 50.5 Å². The predicted octanol–water partition coefficient (Wildman–Crippen LogP) is 3.01. The Labute approximate surface area is 136 Å². The van der Waals surface area contributed by atoms with Crippen molar-refractivity contribution >= 4 is 15.7 Å². The molecule has 0 saturated heterocycles. The molecule has 0 unspecified atom stereocenters. The van der Waals surface area contributed by atoms with E-state index in [1.165, 1.54) is 37.5 Å². The highest BCUT2D eigenvalue weighted by molar-refractivity contribution is 7.89. The molecule has 2 aliphatic carbocycles. The highest BCUT2D eigenvalue weighted by Gasteiger charge is 2.42. The molecule has 0 aromatic heterocycles. The van der Waals surface area contributed by atoms with Crippen LogP contribution >= 0.6 is 0 Å². The Kier molecular flexibility index (Phi) is 4.18. The van der Waals surface area contributed by atoms with Gasteiger partial charge in [-0.1, -0.05) is 6.42 Å². The Morgan fingerprint density at radius 3 is 2.57 bits per heavy atom. The molecule has 1 aromatic carbocycles. The van der Waals surface area contributed by atoms with Crippen LogP contribution in [0.3, 0.4) is 0 Å². The van der Waals surface area contributed by atoms with E-state index in [1.54, 1.807) is 6.92 Å². The summed E-state index contributed by atoms with van der Waals surface area (Å²) in [4.78, 5) is 10.4. The van der Waals surface area contributed by atoms with E-state index in [2.05, 4.69) is 4.72 Å². The van der Waals surface area contributed by atoms with E-state index >= 15 is 0 Å². The topological polar surface area (TPSA) is 89.3 Å². The number of nitrogens with zero attached hydrogens (tertiary/aromatic N) is 1. The standard InChI is InChI=1S/C16H22N2O4S/c1-10-7-14(18(19)20)5-6-16(10)23(21,22)17-11(2)15-9-12-3-4-13(15)8-12/h5-7,11-13,15,17H,3-4,8-9H2,1-2H3/t11-,12+,13+,15+/m1/s1. The molecule has 0 spiro atoms. The maximum Gasteiger partial charge on any atom is 0.269 e. The minimum atomic E-state index is -3.66. The fourth-order valence-electron chi connectivity index (χ4n) is 4.35. The summed E-state index contributed by atoms with van der Waals surface area (Å²) in [6.07, 6.45) is 4.82. The van der Waals surface area contributed by atoms with Gasteiger partial charge >= 0.3 is 0 Å². The van der Waals surface area contributed by atoms with Crippen LogP contribution in [-0.2, 0) is 10.0 Å². The van der Waals surface area contributed by atoms with Gasteiger partial charge < -0.3 is 0 Å². The molecule has 3 rings (SSSR count). The SMILES string of the molecule is Cc1cc([N+](=O)[O-])ccc1S(=O)(=O)N[C@H](C)[C@@H]1C[C@H]2CC[C@H]1C2. The van der Waals surface area contributed by atoms with E-state index in [-0.39, 0.29) is 16.6 Å². The molecular formula is C16H22N2O4S. The lowest BCUT2D eigenvalue weighted by Crippen LogP contribution is -2.40. The Morgan fingerprint density at radius 2 is 2.04 bits per heavy atom. The van der Waals surface area contributed by atoms with Gasteiger partial charge in [-0.2, -0.15) is 0 Å². The lowest BCUT2D eigenvalue weighted by Gasteiger charge is -2.28. The number of nitrogens with one attached hydrogen (secondary N) is 1. The van der Waals surface area contributed by atoms with E-state index in [4.69, 9.17) is 0 Å². The van der Waals surface area contributed by atoms with Crippen molar-refractivity contribution in [1.82, 2.24) is 4.72 Å². The van der Waals surface area contributed by atoms with Gasteiger partial charge in [0.2, 0.25) is 10.0 Å². The molecule has 2 aliphatic rings. The van der Waals surface area contributed by atoms with Crippen molar-refractivity contribution in [3.05, 3.63) is 33.9 Å². The van der Waals surface area contributed by atoms with E-state index in [0.29, 0.717) is 17.4 Å². The van der Waals surface area contributed by atoms with Gasteiger partial charge in [-0.15, -0.1) is 0 Å². The summed E-state index contributed by atoms with van der Waals surface area (Å²) in [7, 11) is -3.66. The van der Waals surface area contributed by atoms with E-state index in [9.17, 15) is 18.5 Å². The Balaban J connectivity index is 1.77. The first-order valence-corrected chi connectivity index (χ1v) is 9.53. The molecule has 1 aromatic rings. The normalized spacial score (nSPS) is 28.0. The smallest absolute Gasteiger partial charge is 0.258 e. The summed E-state index contributed by atoms with van der Waals surface area (Å²) in [6, 6.07) is 3.76. The van der Waals surface area contributed by atoms with Gasteiger partial charge in [-0.25, -0.2) is 13.1 Å². The highest BCUT2D eigenvalue weighted by atomic mass is 32.2. The van der Waals surface area contributed by atoms with Gasteiger partial charge in [0.15, 0.2) is 0 Å². The molecule has 23 heavy (non-hydrogen) atoms. The molecule has 1 N–H and O–H groups in total. The van der Waals surface area contributed by atoms with Crippen molar-refractivity contribution in [2.24, 2.45) is 17.8 Å². The summed E-state index contributed by atoms with van der Waals surface area (Å²) in [5.74, 6) is 1.80. The monoisotopic (exact) mass is 338 g/mol. The lowest BCUT2D eigenvalue weighted by molar-refractivity contribution is -0.385. The van der Waals surface area contributed by atoms with Gasteiger partial charge in [-0.05, 0) is 62.5 Å². The molecule has 2 saturated carbocycles. The Bertz CT molecular complexity index is 732. The zero-order chi connectivity index (χ0) is 16.8. The van der Waals surface area contributed by atoms with E-state index in [1.807, 2.05) is 6.92 Å². The zero-order valence-electron chi connectivity index (χ0n) is 13.4. The maximum absolute atomic E-state index is 12.6. The average Bonchev–Trinajstić information content (AvgIpc) is 3.08. The summed E-state index contributed by atoms with van der Waals surface area (Å²) >= 11 is 0. The molecule has 6 nitrogen and oxygen atoms in total. The number of rotatable bonds is 5. The van der Waals surface area contributed by atoms with Gasteiger partial charge in [-0.3, -0.25) is 10.1 Å².